The van der Waals surface area contributed by atoms with Crippen molar-refractivity contribution < 1.29 is 13.2 Å². The second-order valence-corrected chi connectivity index (χ2v) is 7.57. The van der Waals surface area contributed by atoms with Gasteiger partial charge in [-0.15, -0.1) is 12.4 Å². The van der Waals surface area contributed by atoms with Crippen LogP contribution in [-0.2, 0) is 14.8 Å². The molecule has 8 heteroatoms. The van der Waals surface area contributed by atoms with Crippen molar-refractivity contribution in [2.24, 2.45) is 5.92 Å². The predicted molar refractivity (Wildman–Crippen MR) is 82.5 cm³/mol. The summed E-state index contributed by atoms with van der Waals surface area (Å²) in [5.41, 5.74) is 0. The molecule has 1 unspecified atom stereocenters. The van der Waals surface area contributed by atoms with Gasteiger partial charge in [0.05, 0.1) is 0 Å². The van der Waals surface area contributed by atoms with Crippen LogP contribution in [0.4, 0.5) is 0 Å². The van der Waals surface area contributed by atoms with Gasteiger partial charge in [-0.2, -0.15) is 0 Å². The number of halogens is 1. The first-order valence-electron chi connectivity index (χ1n) is 6.65. The number of hydrogen-bond donors (Lipinski definition) is 1. The van der Waals surface area contributed by atoms with E-state index in [2.05, 4.69) is 5.32 Å². The van der Waals surface area contributed by atoms with Gasteiger partial charge in [-0.05, 0) is 39.3 Å². The summed E-state index contributed by atoms with van der Waals surface area (Å²) in [7, 11) is 1.53. The van der Waals surface area contributed by atoms with Gasteiger partial charge >= 0.3 is 0 Å². The van der Waals surface area contributed by atoms with Crippen LogP contribution >= 0.6 is 12.4 Å². The topological polar surface area (TPSA) is 69.7 Å². The molecule has 1 fully saturated rings. The highest BCUT2D eigenvalue weighted by Gasteiger charge is 2.36. The van der Waals surface area contributed by atoms with Crippen LogP contribution in [0.1, 0.15) is 19.8 Å². The van der Waals surface area contributed by atoms with Crippen molar-refractivity contribution in [1.29, 1.82) is 0 Å². The smallest absolute Gasteiger partial charge is 0.241 e. The summed E-state index contributed by atoms with van der Waals surface area (Å²) < 4.78 is 26.2. The van der Waals surface area contributed by atoms with Crippen LogP contribution < -0.4 is 5.32 Å². The van der Waals surface area contributed by atoms with E-state index in [4.69, 9.17) is 0 Å². The minimum Gasteiger partial charge on any atom is -0.348 e. The molecule has 1 aliphatic heterocycles. The van der Waals surface area contributed by atoms with Gasteiger partial charge in [0.25, 0.3) is 0 Å². The molecule has 6 nitrogen and oxygen atoms in total. The van der Waals surface area contributed by atoms with Crippen LogP contribution in [0.15, 0.2) is 0 Å². The molecule has 0 spiro atoms. The first-order valence-corrected chi connectivity index (χ1v) is 8.15. The largest absolute Gasteiger partial charge is 0.348 e. The number of carbonyl (C=O) groups excluding carboxylic acids is 1. The normalized spacial score (nSPS) is 19.2. The van der Waals surface area contributed by atoms with E-state index in [1.807, 2.05) is 7.05 Å². The summed E-state index contributed by atoms with van der Waals surface area (Å²) in [6.07, 6.45) is 1.70. The van der Waals surface area contributed by atoms with Gasteiger partial charge in [-0.1, -0.05) is 0 Å². The lowest BCUT2D eigenvalue weighted by atomic mass is 9.98. The van der Waals surface area contributed by atoms with Gasteiger partial charge < -0.3 is 10.2 Å². The summed E-state index contributed by atoms with van der Waals surface area (Å²) in [6, 6.07) is 0. The van der Waals surface area contributed by atoms with E-state index in [0.717, 1.165) is 19.4 Å². The van der Waals surface area contributed by atoms with Gasteiger partial charge in [-0.25, -0.2) is 12.7 Å². The third-order valence-electron chi connectivity index (χ3n) is 3.66. The Morgan fingerprint density at radius 1 is 1.35 bits per heavy atom. The average molecular weight is 328 g/mol. The monoisotopic (exact) mass is 327 g/mol. The molecule has 0 saturated carbocycles. The zero-order valence-electron chi connectivity index (χ0n) is 12.6. The Balaban J connectivity index is 0.00000361. The number of rotatable bonds is 5. The van der Waals surface area contributed by atoms with Crippen LogP contribution in [-0.4, -0.2) is 69.6 Å². The number of sulfonamides is 1. The highest BCUT2D eigenvalue weighted by molar-refractivity contribution is 7.90. The number of carbonyl (C=O) groups is 1. The van der Waals surface area contributed by atoms with Crippen molar-refractivity contribution in [3.63, 3.8) is 0 Å². The van der Waals surface area contributed by atoms with Crippen LogP contribution in [0.25, 0.3) is 0 Å². The van der Waals surface area contributed by atoms with Crippen molar-refractivity contribution in [1.82, 2.24) is 14.5 Å². The van der Waals surface area contributed by atoms with E-state index >= 15 is 0 Å². The van der Waals surface area contributed by atoms with Gasteiger partial charge in [0, 0.05) is 27.2 Å². The molecule has 20 heavy (non-hydrogen) atoms. The first kappa shape index (κ1) is 19.6. The number of amides is 1. The summed E-state index contributed by atoms with van der Waals surface area (Å²) in [5.74, 6) is 0.161. The van der Waals surface area contributed by atoms with Gasteiger partial charge in [0.15, 0.2) is 5.25 Å². The molecule has 0 aromatic carbocycles. The zero-order valence-corrected chi connectivity index (χ0v) is 14.3. The van der Waals surface area contributed by atoms with Crippen LogP contribution in [0, 0.1) is 5.92 Å². The van der Waals surface area contributed by atoms with Crippen LogP contribution in [0.5, 0.6) is 0 Å². The second-order valence-electron chi connectivity index (χ2n) is 5.32. The summed E-state index contributed by atoms with van der Waals surface area (Å²) >= 11 is 0. The minimum atomic E-state index is -3.52. The fourth-order valence-corrected chi connectivity index (χ4v) is 4.00. The Morgan fingerprint density at radius 3 is 2.25 bits per heavy atom. The maximum absolute atomic E-state index is 12.4. The molecule has 0 bridgehead atoms. The fraction of sp³-hybridized carbons (Fsp3) is 0.917. The lowest BCUT2D eigenvalue weighted by molar-refractivity contribution is -0.128. The quantitative estimate of drug-likeness (QED) is 0.780. The molecule has 1 rings (SSSR count). The highest BCUT2D eigenvalue weighted by atomic mass is 35.5. The Kier molecular flexibility index (Phi) is 8.01. The Morgan fingerprint density at radius 2 is 1.85 bits per heavy atom. The molecule has 1 saturated heterocycles. The number of piperidine rings is 1. The number of hydrogen-bond acceptors (Lipinski definition) is 4. The standard InChI is InChI=1S/C12H25N3O3S.ClH/c1-10(12(16)14(3)4)19(17,18)15-7-5-11(6-8-15)9-13-2;/h10-11,13H,5-9H2,1-4H3;1H. The van der Waals surface area contributed by atoms with E-state index in [0.29, 0.717) is 19.0 Å². The number of nitrogens with one attached hydrogen (secondary N) is 1. The van der Waals surface area contributed by atoms with Gasteiger partial charge in [0.1, 0.15) is 0 Å². The molecule has 0 aromatic heterocycles. The third-order valence-corrected chi connectivity index (χ3v) is 5.84. The van der Waals surface area contributed by atoms with Crippen molar-refractivity contribution in [2.45, 2.75) is 25.0 Å². The summed E-state index contributed by atoms with van der Waals surface area (Å²) in [5, 5.41) is 2.12. The van der Waals surface area contributed by atoms with Crippen molar-refractivity contribution in [2.75, 3.05) is 40.8 Å². The average Bonchev–Trinajstić information content (AvgIpc) is 2.37. The van der Waals surface area contributed by atoms with E-state index in [-0.39, 0.29) is 18.3 Å². The second kappa shape index (κ2) is 8.17. The van der Waals surface area contributed by atoms with Crippen LogP contribution in [0.2, 0.25) is 0 Å². The van der Waals surface area contributed by atoms with Crippen molar-refractivity contribution in [3.05, 3.63) is 0 Å². The Labute approximate surface area is 128 Å². The SMILES string of the molecule is CNCC1CCN(S(=O)(=O)C(C)C(=O)N(C)C)CC1.Cl. The van der Waals surface area contributed by atoms with E-state index in [1.165, 1.54) is 16.1 Å². The summed E-state index contributed by atoms with van der Waals surface area (Å²) in [6.45, 7) is 3.41. The molecule has 0 radical (unpaired) electrons. The number of nitrogens with zero attached hydrogens (tertiary/aromatic N) is 2. The van der Waals surface area contributed by atoms with Gasteiger partial charge in [-0.3, -0.25) is 4.79 Å². The molecule has 0 aliphatic carbocycles. The van der Waals surface area contributed by atoms with E-state index in [1.54, 1.807) is 14.1 Å². The molecular formula is C12H26ClN3O3S. The molecule has 120 valence electrons. The van der Waals surface area contributed by atoms with E-state index < -0.39 is 15.3 Å². The maximum Gasteiger partial charge on any atom is 0.241 e. The van der Waals surface area contributed by atoms with Gasteiger partial charge in [0.2, 0.25) is 15.9 Å². The van der Waals surface area contributed by atoms with Crippen LogP contribution in [0.3, 0.4) is 0 Å². The predicted octanol–water partition coefficient (Wildman–Crippen LogP) is 0.146. The first-order chi connectivity index (χ1) is 8.80. The fourth-order valence-electron chi connectivity index (χ4n) is 2.37. The molecule has 1 heterocycles. The zero-order chi connectivity index (χ0) is 14.6. The van der Waals surface area contributed by atoms with Crippen molar-refractivity contribution >= 4 is 28.3 Å². The molecule has 1 amide bonds. The minimum absolute atomic E-state index is 0. The third kappa shape index (κ3) is 4.58. The lowest BCUT2D eigenvalue weighted by Gasteiger charge is -2.33. The van der Waals surface area contributed by atoms with E-state index in [9.17, 15) is 13.2 Å². The lowest BCUT2D eigenvalue weighted by Crippen LogP contribution is -2.48. The molecule has 1 N–H and O–H groups in total. The van der Waals surface area contributed by atoms with Crippen molar-refractivity contribution in [3.8, 4) is 0 Å². The molecule has 1 atom stereocenters. The summed E-state index contributed by atoms with van der Waals surface area (Å²) in [4.78, 5) is 13.1. The Hall–Kier alpha value is -0.370. The Bertz CT molecular complexity index is 406. The molecule has 0 aromatic rings. The maximum atomic E-state index is 12.4. The highest BCUT2D eigenvalue weighted by Crippen LogP contribution is 2.21. The molecule has 1 aliphatic rings. The molecular weight excluding hydrogens is 302 g/mol.